The van der Waals surface area contributed by atoms with Gasteiger partial charge in [0.25, 0.3) is 5.92 Å². The maximum Gasteiger partial charge on any atom is 0.407 e. The molecule has 5 heteroatoms. The van der Waals surface area contributed by atoms with Crippen molar-refractivity contribution in [1.29, 1.82) is 0 Å². The Hall–Kier alpha value is -0.870. The van der Waals surface area contributed by atoms with E-state index in [-0.39, 0.29) is 6.04 Å². The summed E-state index contributed by atoms with van der Waals surface area (Å²) in [7, 11) is 0. The predicted molar refractivity (Wildman–Crippen MR) is 40.2 cm³/mol. The second kappa shape index (κ2) is 4.23. The monoisotopic (exact) mass is 181 g/mol. The molecule has 72 valence electrons. The van der Waals surface area contributed by atoms with Crippen molar-refractivity contribution in [2.24, 2.45) is 0 Å². The molecular formula is C7H13F2NO2. The molecule has 1 amide bonds. The van der Waals surface area contributed by atoms with Crippen molar-refractivity contribution in [2.45, 2.75) is 32.7 Å². The molecule has 0 aromatic carbocycles. The summed E-state index contributed by atoms with van der Waals surface area (Å²) in [5.74, 6) is -2.96. The van der Waals surface area contributed by atoms with Crippen LogP contribution in [0.3, 0.4) is 0 Å². The lowest BCUT2D eigenvalue weighted by atomic mass is 10.4. The third kappa shape index (κ3) is 7.24. The van der Waals surface area contributed by atoms with E-state index in [9.17, 15) is 13.6 Å². The van der Waals surface area contributed by atoms with E-state index in [2.05, 4.69) is 10.1 Å². The molecule has 3 nitrogen and oxygen atoms in total. The van der Waals surface area contributed by atoms with E-state index in [1.165, 1.54) is 0 Å². The third-order valence-electron chi connectivity index (χ3n) is 0.863. The average Bonchev–Trinajstić information content (AvgIpc) is 1.80. The van der Waals surface area contributed by atoms with Gasteiger partial charge in [-0.1, -0.05) is 0 Å². The lowest BCUT2D eigenvalue weighted by molar-refractivity contribution is -0.0388. The number of ether oxygens (including phenoxy) is 1. The van der Waals surface area contributed by atoms with Gasteiger partial charge in [0.2, 0.25) is 0 Å². The average molecular weight is 181 g/mol. The van der Waals surface area contributed by atoms with Crippen molar-refractivity contribution in [3.63, 3.8) is 0 Å². The van der Waals surface area contributed by atoms with Crippen LogP contribution in [0.1, 0.15) is 20.8 Å². The van der Waals surface area contributed by atoms with Crippen LogP contribution in [0.15, 0.2) is 0 Å². The molecule has 0 unspecified atom stereocenters. The molecular weight excluding hydrogens is 168 g/mol. The van der Waals surface area contributed by atoms with Crippen molar-refractivity contribution in [3.05, 3.63) is 0 Å². The number of rotatable bonds is 3. The van der Waals surface area contributed by atoms with E-state index in [1.54, 1.807) is 13.8 Å². The fraction of sp³-hybridized carbons (Fsp3) is 0.857. The number of alkyl halides is 2. The van der Waals surface area contributed by atoms with Gasteiger partial charge in [0, 0.05) is 13.0 Å². The van der Waals surface area contributed by atoms with Gasteiger partial charge in [0.15, 0.2) is 6.61 Å². The highest BCUT2D eigenvalue weighted by atomic mass is 19.3. The van der Waals surface area contributed by atoms with Gasteiger partial charge in [0.1, 0.15) is 0 Å². The number of carbonyl (C=O) groups is 1. The number of halogens is 2. The maximum absolute atomic E-state index is 12.1. The zero-order valence-corrected chi connectivity index (χ0v) is 7.36. The van der Waals surface area contributed by atoms with Gasteiger partial charge in [-0.15, -0.1) is 0 Å². The van der Waals surface area contributed by atoms with Crippen LogP contribution in [-0.2, 0) is 4.74 Å². The van der Waals surface area contributed by atoms with Crippen molar-refractivity contribution in [3.8, 4) is 0 Å². The first-order chi connectivity index (χ1) is 5.31. The molecule has 1 N–H and O–H groups in total. The van der Waals surface area contributed by atoms with Gasteiger partial charge in [-0.25, -0.2) is 13.6 Å². The van der Waals surface area contributed by atoms with Gasteiger partial charge in [-0.05, 0) is 13.8 Å². The number of carbonyl (C=O) groups excluding carboxylic acids is 1. The van der Waals surface area contributed by atoms with Crippen molar-refractivity contribution < 1.29 is 18.3 Å². The van der Waals surface area contributed by atoms with Gasteiger partial charge >= 0.3 is 6.09 Å². The Labute approximate surface area is 70.1 Å². The van der Waals surface area contributed by atoms with Crippen LogP contribution in [0.5, 0.6) is 0 Å². The zero-order chi connectivity index (χ0) is 9.78. The van der Waals surface area contributed by atoms with Crippen LogP contribution in [0.4, 0.5) is 13.6 Å². The molecule has 12 heavy (non-hydrogen) atoms. The summed E-state index contributed by atoms with van der Waals surface area (Å²) in [4.78, 5) is 10.6. The molecule has 0 atom stereocenters. The molecule has 0 saturated heterocycles. The molecule has 0 spiro atoms. The lowest BCUT2D eigenvalue weighted by Crippen LogP contribution is -2.33. The van der Waals surface area contributed by atoms with Crippen LogP contribution >= 0.6 is 0 Å². The SMILES string of the molecule is CC(C)NC(=O)OCC(C)(F)F. The fourth-order valence-electron chi connectivity index (χ4n) is 0.470. The molecule has 0 bridgehead atoms. The first-order valence-corrected chi connectivity index (χ1v) is 3.62. The largest absolute Gasteiger partial charge is 0.443 e. The molecule has 0 aliphatic rings. The Morgan fingerprint density at radius 2 is 2.08 bits per heavy atom. The highest BCUT2D eigenvalue weighted by Gasteiger charge is 2.23. The summed E-state index contributed by atoms with van der Waals surface area (Å²) in [6.07, 6.45) is -0.813. The minimum absolute atomic E-state index is 0.108. The smallest absolute Gasteiger partial charge is 0.407 e. The van der Waals surface area contributed by atoms with Crippen LogP contribution in [0.25, 0.3) is 0 Å². The second-order valence-corrected chi connectivity index (χ2v) is 2.95. The van der Waals surface area contributed by atoms with Crippen LogP contribution < -0.4 is 5.32 Å². The summed E-state index contributed by atoms with van der Waals surface area (Å²) in [5, 5.41) is 2.32. The standard InChI is InChI=1S/C7H13F2NO2/c1-5(2)10-6(11)12-4-7(3,8)9/h5H,4H2,1-3H3,(H,10,11). The van der Waals surface area contributed by atoms with Crippen molar-refractivity contribution >= 4 is 6.09 Å². The first kappa shape index (κ1) is 11.1. The lowest BCUT2D eigenvalue weighted by Gasteiger charge is -2.12. The Kier molecular flexibility index (Phi) is 3.92. The topological polar surface area (TPSA) is 38.3 Å². The quantitative estimate of drug-likeness (QED) is 0.720. The zero-order valence-electron chi connectivity index (χ0n) is 7.36. The molecule has 0 radical (unpaired) electrons. The van der Waals surface area contributed by atoms with E-state index in [4.69, 9.17) is 0 Å². The minimum Gasteiger partial charge on any atom is -0.443 e. The number of hydrogen-bond donors (Lipinski definition) is 1. The Morgan fingerprint density at radius 1 is 1.58 bits per heavy atom. The van der Waals surface area contributed by atoms with Gasteiger partial charge in [0.05, 0.1) is 0 Å². The molecule has 0 heterocycles. The molecule has 0 rings (SSSR count). The summed E-state index contributed by atoms with van der Waals surface area (Å²) >= 11 is 0. The normalized spacial score (nSPS) is 11.5. The second-order valence-electron chi connectivity index (χ2n) is 2.95. The van der Waals surface area contributed by atoms with Crippen LogP contribution in [-0.4, -0.2) is 24.7 Å². The van der Waals surface area contributed by atoms with Crippen molar-refractivity contribution in [1.82, 2.24) is 5.32 Å². The number of hydrogen-bond acceptors (Lipinski definition) is 2. The van der Waals surface area contributed by atoms with Crippen LogP contribution in [0.2, 0.25) is 0 Å². The summed E-state index contributed by atoms with van der Waals surface area (Å²) in [5.41, 5.74) is 0. The molecule has 0 aliphatic carbocycles. The van der Waals surface area contributed by atoms with E-state index in [1.807, 2.05) is 0 Å². The van der Waals surface area contributed by atoms with E-state index in [0.717, 1.165) is 0 Å². The first-order valence-electron chi connectivity index (χ1n) is 3.62. The van der Waals surface area contributed by atoms with Gasteiger partial charge < -0.3 is 10.1 Å². The number of nitrogens with one attached hydrogen (secondary N) is 1. The maximum atomic E-state index is 12.1. The van der Waals surface area contributed by atoms with Crippen molar-refractivity contribution in [2.75, 3.05) is 6.61 Å². The number of alkyl carbamates (subject to hydrolysis) is 1. The summed E-state index contributed by atoms with van der Waals surface area (Å²) in [6, 6.07) is -0.108. The van der Waals surface area contributed by atoms with E-state index < -0.39 is 18.6 Å². The molecule has 0 aliphatic heterocycles. The van der Waals surface area contributed by atoms with E-state index >= 15 is 0 Å². The minimum atomic E-state index is -2.96. The highest BCUT2D eigenvalue weighted by molar-refractivity contribution is 5.67. The fourth-order valence-corrected chi connectivity index (χ4v) is 0.470. The molecule has 0 saturated carbocycles. The van der Waals surface area contributed by atoms with E-state index in [0.29, 0.717) is 6.92 Å². The summed E-state index contributed by atoms with van der Waals surface area (Å²) in [6.45, 7) is 3.23. The Morgan fingerprint density at radius 3 is 2.42 bits per heavy atom. The van der Waals surface area contributed by atoms with Gasteiger partial charge in [-0.2, -0.15) is 0 Å². The Balaban J connectivity index is 3.58. The molecule has 0 aromatic heterocycles. The molecule has 0 aromatic rings. The Bertz CT molecular complexity index is 154. The number of amides is 1. The summed E-state index contributed by atoms with van der Waals surface area (Å²) < 4.78 is 28.4. The van der Waals surface area contributed by atoms with Crippen LogP contribution in [0, 0.1) is 0 Å². The third-order valence-corrected chi connectivity index (χ3v) is 0.863. The van der Waals surface area contributed by atoms with Gasteiger partial charge in [-0.3, -0.25) is 0 Å². The highest BCUT2D eigenvalue weighted by Crippen LogP contribution is 2.11. The predicted octanol–water partition coefficient (Wildman–Crippen LogP) is 1.78. The molecule has 0 fully saturated rings.